The molecule has 3 aliphatic heterocycles. The summed E-state index contributed by atoms with van der Waals surface area (Å²) in [5.41, 5.74) is 10.3. The van der Waals surface area contributed by atoms with Crippen LogP contribution in [0.3, 0.4) is 0 Å². The number of aliphatic hydroxyl groups is 3. The fourth-order valence-corrected chi connectivity index (χ4v) is 4.26. The summed E-state index contributed by atoms with van der Waals surface area (Å²) in [6, 6.07) is -2.75. The Morgan fingerprint density at radius 2 is 2.18 bits per heavy atom. The van der Waals surface area contributed by atoms with Gasteiger partial charge in [0.05, 0.1) is 25.1 Å². The van der Waals surface area contributed by atoms with Crippen LogP contribution in [0.15, 0.2) is 9.98 Å². The van der Waals surface area contributed by atoms with Crippen molar-refractivity contribution in [3.05, 3.63) is 0 Å². The molecule has 0 aromatic carbocycles. The third-order valence-corrected chi connectivity index (χ3v) is 5.98. The van der Waals surface area contributed by atoms with E-state index in [2.05, 4.69) is 20.6 Å². The summed E-state index contributed by atoms with van der Waals surface area (Å²) in [4.78, 5) is 46.8. The van der Waals surface area contributed by atoms with Crippen LogP contribution in [0.5, 0.6) is 0 Å². The predicted octanol–water partition coefficient (Wildman–Crippen LogP) is -5.54. The molecule has 0 saturated carbocycles. The number of fused-ring (bicyclic) bond motifs is 1. The second-order valence-corrected chi connectivity index (χ2v) is 8.18. The number of nitrogens with zero attached hydrogens (tertiary/aromatic N) is 4. The average Bonchev–Trinajstić information content (AvgIpc) is 3.21. The molecule has 3 amide bonds. The molecule has 2 fully saturated rings. The van der Waals surface area contributed by atoms with Crippen LogP contribution in [0.4, 0.5) is 4.79 Å². The van der Waals surface area contributed by atoms with E-state index >= 15 is 0 Å². The van der Waals surface area contributed by atoms with Crippen LogP contribution in [-0.2, 0) is 19.1 Å². The lowest BCUT2D eigenvalue weighted by Crippen LogP contribution is -2.70. The first-order valence-electron chi connectivity index (χ1n) is 10.5. The van der Waals surface area contributed by atoms with E-state index in [1.807, 2.05) is 0 Å². The highest BCUT2D eigenvalue weighted by atomic mass is 16.6. The highest BCUT2D eigenvalue weighted by Gasteiger charge is 2.51. The van der Waals surface area contributed by atoms with Crippen molar-refractivity contribution >= 4 is 30.2 Å². The number of primary amides is 1. The second-order valence-electron chi connectivity index (χ2n) is 8.18. The third-order valence-electron chi connectivity index (χ3n) is 5.98. The molecule has 3 rings (SSSR count). The van der Waals surface area contributed by atoms with Gasteiger partial charge < -0.3 is 56.7 Å². The monoisotopic (exact) mass is 486 g/mol. The van der Waals surface area contributed by atoms with E-state index in [0.29, 0.717) is 0 Å². The van der Waals surface area contributed by atoms with Gasteiger partial charge in [-0.2, -0.15) is 0 Å². The first kappa shape index (κ1) is 25.4. The SMILES string of the molecule is CN1C[C@@H](O)[C@H]2NC(N[C@@H]3O[C@@H](CO)[C@H](OC(N)=O)[C@H](O)[C@H]3N(C)C(=O)CN=CN)=N[C@@H]2C1=O. The first-order valence-corrected chi connectivity index (χ1v) is 10.5. The Hall–Kier alpha value is -3.21. The van der Waals surface area contributed by atoms with Gasteiger partial charge in [0.2, 0.25) is 11.8 Å². The van der Waals surface area contributed by atoms with Gasteiger partial charge in [-0.15, -0.1) is 0 Å². The summed E-state index contributed by atoms with van der Waals surface area (Å²) in [6.07, 6.45) is -6.47. The van der Waals surface area contributed by atoms with Crippen molar-refractivity contribution in [1.82, 2.24) is 20.4 Å². The summed E-state index contributed by atoms with van der Waals surface area (Å²) in [7, 11) is 2.92. The van der Waals surface area contributed by atoms with Gasteiger partial charge >= 0.3 is 6.09 Å². The van der Waals surface area contributed by atoms with E-state index < -0.39 is 67.4 Å². The molecule has 0 aromatic rings. The number of hydrogen-bond acceptors (Lipinski definition) is 12. The quantitative estimate of drug-likeness (QED) is 0.138. The van der Waals surface area contributed by atoms with Crippen molar-refractivity contribution in [2.45, 2.75) is 48.8 Å². The maximum absolute atomic E-state index is 12.6. The van der Waals surface area contributed by atoms with Gasteiger partial charge in [-0.05, 0) is 0 Å². The Kier molecular flexibility index (Phi) is 7.75. The number of guanidine groups is 1. The largest absolute Gasteiger partial charge is 0.441 e. The van der Waals surface area contributed by atoms with Crippen LogP contribution in [-0.4, -0.2) is 138 Å². The number of ether oxygens (including phenoxy) is 2. The smallest absolute Gasteiger partial charge is 0.404 e. The minimum atomic E-state index is -1.55. The molecule has 0 aliphatic carbocycles. The number of rotatable bonds is 6. The normalized spacial score (nSPS) is 35.4. The van der Waals surface area contributed by atoms with Crippen LogP contribution in [0, 0.1) is 0 Å². The lowest BCUT2D eigenvalue weighted by molar-refractivity contribution is -0.214. The molecule has 0 aromatic heterocycles. The molecule has 0 radical (unpaired) electrons. The van der Waals surface area contributed by atoms with Gasteiger partial charge in [-0.3, -0.25) is 14.6 Å². The fourth-order valence-electron chi connectivity index (χ4n) is 4.26. The molecular weight excluding hydrogens is 456 g/mol. The summed E-state index contributed by atoms with van der Waals surface area (Å²) in [5, 5.41) is 36.9. The number of nitrogens with two attached hydrogens (primary N) is 2. The maximum atomic E-state index is 12.6. The lowest BCUT2D eigenvalue weighted by Gasteiger charge is -2.46. The predicted molar refractivity (Wildman–Crippen MR) is 115 cm³/mol. The summed E-state index contributed by atoms with van der Waals surface area (Å²) >= 11 is 0. The van der Waals surface area contributed by atoms with Crippen molar-refractivity contribution in [2.24, 2.45) is 21.5 Å². The van der Waals surface area contributed by atoms with E-state index in [1.54, 1.807) is 7.05 Å². The van der Waals surface area contributed by atoms with E-state index in [-0.39, 0.29) is 25.0 Å². The maximum Gasteiger partial charge on any atom is 0.404 e. The summed E-state index contributed by atoms with van der Waals surface area (Å²) in [6.45, 7) is -0.860. The number of likely N-dealkylation sites (N-methyl/N-ethyl adjacent to an activating group) is 2. The summed E-state index contributed by atoms with van der Waals surface area (Å²) in [5.74, 6) is -0.772. The van der Waals surface area contributed by atoms with E-state index in [9.17, 15) is 29.7 Å². The molecule has 3 aliphatic rings. The molecule has 8 atom stereocenters. The number of β-amino-alcohol motifs (C(OH)–C–C–N with tert-alkyl or cyclic N) is 1. The number of carbonyl (C=O) groups excluding carboxylic acids is 3. The van der Waals surface area contributed by atoms with Crippen LogP contribution < -0.4 is 22.1 Å². The molecule has 9 N–H and O–H groups in total. The Morgan fingerprint density at radius 1 is 1.47 bits per heavy atom. The summed E-state index contributed by atoms with van der Waals surface area (Å²) < 4.78 is 10.8. The number of nitrogens with one attached hydrogen (secondary N) is 2. The van der Waals surface area contributed by atoms with E-state index in [4.69, 9.17) is 20.9 Å². The van der Waals surface area contributed by atoms with Gasteiger partial charge in [0.15, 0.2) is 24.3 Å². The molecule has 190 valence electrons. The molecule has 0 bridgehead atoms. The Balaban J connectivity index is 1.87. The van der Waals surface area contributed by atoms with Crippen LogP contribution in [0.1, 0.15) is 0 Å². The van der Waals surface area contributed by atoms with Crippen LogP contribution in [0.2, 0.25) is 0 Å². The van der Waals surface area contributed by atoms with Crippen molar-refractivity contribution in [3.63, 3.8) is 0 Å². The third kappa shape index (κ3) is 4.98. The Morgan fingerprint density at radius 3 is 2.79 bits per heavy atom. The number of amides is 3. The van der Waals surface area contributed by atoms with Gasteiger partial charge in [-0.1, -0.05) is 0 Å². The molecule has 16 nitrogen and oxygen atoms in total. The molecule has 16 heteroatoms. The zero-order valence-corrected chi connectivity index (χ0v) is 18.6. The van der Waals surface area contributed by atoms with E-state index in [0.717, 1.165) is 11.2 Å². The van der Waals surface area contributed by atoms with Gasteiger partial charge in [0, 0.05) is 20.6 Å². The number of carbonyl (C=O) groups is 3. The standard InChI is InChI=1S/C18H30N8O8/c1-25-4-7(28)10-11(16(25)31)23-18(22-10)24-15-12(26(2)9(29)3-21-6-19)13(30)14(34-17(20)32)8(5-27)33-15/h6-8,10-15,27-28,30H,3-5H2,1-2H3,(H2,19,21)(H2,20,32)(H2,22,23,24)/t7-,8+,10-,11+,12-,13-,14+,15-/m1/s1. The van der Waals surface area contributed by atoms with E-state index in [1.165, 1.54) is 11.9 Å². The minimum absolute atomic E-state index is 0.0756. The second kappa shape index (κ2) is 10.4. The first-order chi connectivity index (χ1) is 16.1. The number of aliphatic imine (C=N–C) groups is 2. The number of likely N-dealkylation sites (tertiary alicyclic amines) is 1. The fraction of sp³-hybridized carbons (Fsp3) is 0.722. The van der Waals surface area contributed by atoms with Crippen LogP contribution >= 0.6 is 0 Å². The minimum Gasteiger partial charge on any atom is -0.441 e. The topological polar surface area (TPSA) is 238 Å². The van der Waals surface area contributed by atoms with Crippen LogP contribution in [0.25, 0.3) is 0 Å². The lowest BCUT2D eigenvalue weighted by atomic mass is 9.94. The number of hydrogen-bond donors (Lipinski definition) is 7. The molecule has 0 unspecified atom stereocenters. The molecule has 0 spiro atoms. The van der Waals surface area contributed by atoms with Gasteiger partial charge in [-0.25, -0.2) is 9.79 Å². The molecule has 2 saturated heterocycles. The number of piperidine rings is 1. The number of aliphatic hydroxyl groups excluding tert-OH is 3. The van der Waals surface area contributed by atoms with Crippen molar-refractivity contribution in [2.75, 3.05) is 33.8 Å². The average molecular weight is 486 g/mol. The highest BCUT2D eigenvalue weighted by molar-refractivity contribution is 5.92. The van der Waals surface area contributed by atoms with Gasteiger partial charge in [0.25, 0.3) is 0 Å². The zero-order valence-electron chi connectivity index (χ0n) is 18.6. The molecule has 3 heterocycles. The van der Waals surface area contributed by atoms with Crippen molar-refractivity contribution < 1.29 is 39.2 Å². The Labute approximate surface area is 194 Å². The van der Waals surface area contributed by atoms with Crippen molar-refractivity contribution in [1.29, 1.82) is 0 Å². The van der Waals surface area contributed by atoms with Crippen molar-refractivity contribution in [3.8, 4) is 0 Å². The van der Waals surface area contributed by atoms with Gasteiger partial charge in [0.1, 0.15) is 24.8 Å². The molecular formula is C18H30N8O8. The molecule has 34 heavy (non-hydrogen) atoms. The Bertz CT molecular complexity index is 856. The highest BCUT2D eigenvalue weighted by Crippen LogP contribution is 2.27. The zero-order chi connectivity index (χ0) is 25.2.